The van der Waals surface area contributed by atoms with Crippen molar-refractivity contribution in [2.24, 2.45) is 5.92 Å². The van der Waals surface area contributed by atoms with Gasteiger partial charge in [0.25, 0.3) is 0 Å². The molecular weight excluding hydrogens is 294 g/mol. The molecule has 5 heteroatoms. The molecule has 0 unspecified atom stereocenters. The molecule has 2 aliphatic heterocycles. The summed E-state index contributed by atoms with van der Waals surface area (Å²) in [6.07, 6.45) is 2.60. The Balaban J connectivity index is 1.91. The van der Waals surface area contributed by atoms with Gasteiger partial charge in [-0.05, 0) is 38.4 Å². The lowest BCUT2D eigenvalue weighted by molar-refractivity contribution is -0.140. The molecule has 1 spiro atoms. The van der Waals surface area contributed by atoms with E-state index in [0.29, 0.717) is 17.9 Å². The van der Waals surface area contributed by atoms with Gasteiger partial charge in [-0.25, -0.2) is 0 Å². The van der Waals surface area contributed by atoms with Crippen LogP contribution in [0.4, 0.5) is 0 Å². The van der Waals surface area contributed by atoms with Crippen molar-refractivity contribution < 1.29 is 19.1 Å². The Kier molecular flexibility index (Phi) is 3.23. The molecule has 0 amide bonds. The second kappa shape index (κ2) is 5.06. The molecule has 2 fully saturated rings. The van der Waals surface area contributed by atoms with E-state index in [1.54, 1.807) is 7.11 Å². The number of hydrogen-bond acceptors (Lipinski definition) is 5. The molecule has 23 heavy (non-hydrogen) atoms. The standard InChI is InChI=1S/C18H21NO4/c1-19-9-8-18-11(13(19)10-20)6-7-14(21)17(18)23-16-12(18)4-3-5-15(16)22-2/h3-5,10-11,13,17H,6-9H2,1-2H3/t11-,13-,17+,18+/m0/s1. The Morgan fingerprint density at radius 3 is 3.00 bits per heavy atom. The number of carbonyl (C=O) groups is 2. The van der Waals surface area contributed by atoms with Gasteiger partial charge in [-0.1, -0.05) is 12.1 Å². The van der Waals surface area contributed by atoms with Gasteiger partial charge < -0.3 is 14.3 Å². The van der Waals surface area contributed by atoms with E-state index in [0.717, 1.165) is 31.2 Å². The number of piperidine rings is 1. The first kappa shape index (κ1) is 14.7. The molecule has 1 aromatic rings. The number of aldehydes is 1. The van der Waals surface area contributed by atoms with Gasteiger partial charge in [0.05, 0.1) is 13.2 Å². The van der Waals surface area contributed by atoms with Crippen LogP contribution in [0.5, 0.6) is 11.5 Å². The minimum absolute atomic E-state index is 0.106. The SMILES string of the molecule is COc1cccc2c1O[C@@H]1C(=O)CC[C@H]3[C@H](C=O)N(C)CC[C@@]213. The predicted molar refractivity (Wildman–Crippen MR) is 83.9 cm³/mol. The Hall–Kier alpha value is -1.88. The van der Waals surface area contributed by atoms with Crippen molar-refractivity contribution in [1.29, 1.82) is 0 Å². The highest BCUT2D eigenvalue weighted by Gasteiger charge is 2.62. The molecule has 0 radical (unpaired) electrons. The van der Waals surface area contributed by atoms with Gasteiger partial charge in [-0.2, -0.15) is 0 Å². The van der Waals surface area contributed by atoms with Crippen molar-refractivity contribution in [3.63, 3.8) is 0 Å². The number of rotatable bonds is 2. The van der Waals surface area contributed by atoms with Crippen LogP contribution in [0.3, 0.4) is 0 Å². The van der Waals surface area contributed by atoms with E-state index in [2.05, 4.69) is 4.90 Å². The van der Waals surface area contributed by atoms with Gasteiger partial charge in [0.2, 0.25) is 0 Å². The van der Waals surface area contributed by atoms with Crippen molar-refractivity contribution in [3.05, 3.63) is 23.8 Å². The van der Waals surface area contributed by atoms with Gasteiger partial charge >= 0.3 is 0 Å². The average molecular weight is 315 g/mol. The molecule has 4 rings (SSSR count). The van der Waals surface area contributed by atoms with E-state index in [-0.39, 0.29) is 17.7 Å². The molecule has 1 aromatic carbocycles. The lowest BCUT2D eigenvalue weighted by atomic mass is 9.56. The molecule has 0 aromatic heterocycles. The molecule has 1 saturated carbocycles. The largest absolute Gasteiger partial charge is 0.493 e. The van der Waals surface area contributed by atoms with E-state index in [1.165, 1.54) is 0 Å². The molecule has 1 saturated heterocycles. The Labute approximate surface area is 135 Å². The highest BCUT2D eigenvalue weighted by Crippen LogP contribution is 2.58. The smallest absolute Gasteiger partial charge is 0.174 e. The molecule has 2 heterocycles. The first-order valence-electron chi connectivity index (χ1n) is 8.16. The number of nitrogens with zero attached hydrogens (tertiary/aromatic N) is 1. The van der Waals surface area contributed by atoms with Gasteiger partial charge in [-0.3, -0.25) is 9.69 Å². The number of Topliss-reactive ketones (excluding diaryl/α,β-unsaturated/α-hetero) is 1. The lowest BCUT2D eigenvalue weighted by Gasteiger charge is -2.52. The van der Waals surface area contributed by atoms with Crippen molar-refractivity contribution in [2.45, 2.75) is 36.8 Å². The summed E-state index contributed by atoms with van der Waals surface area (Å²) in [6.45, 7) is 0.781. The quantitative estimate of drug-likeness (QED) is 0.776. The fraction of sp³-hybridized carbons (Fsp3) is 0.556. The molecular formula is C18H21NO4. The fourth-order valence-electron chi connectivity index (χ4n) is 4.91. The summed E-state index contributed by atoms with van der Waals surface area (Å²) in [4.78, 5) is 26.4. The van der Waals surface area contributed by atoms with Crippen LogP contribution < -0.4 is 9.47 Å². The number of benzene rings is 1. The van der Waals surface area contributed by atoms with Crippen LogP contribution in [-0.2, 0) is 15.0 Å². The molecule has 122 valence electrons. The van der Waals surface area contributed by atoms with Crippen LogP contribution in [0.2, 0.25) is 0 Å². The van der Waals surface area contributed by atoms with Crippen LogP contribution >= 0.6 is 0 Å². The van der Waals surface area contributed by atoms with Crippen LogP contribution in [0, 0.1) is 5.92 Å². The van der Waals surface area contributed by atoms with Gasteiger partial charge in [0.15, 0.2) is 23.4 Å². The summed E-state index contributed by atoms with van der Waals surface area (Å²) in [5.41, 5.74) is 0.650. The minimum Gasteiger partial charge on any atom is -0.493 e. The number of likely N-dealkylation sites (N-methyl/N-ethyl adjacent to an activating group) is 1. The maximum absolute atomic E-state index is 12.6. The second-order valence-electron chi connectivity index (χ2n) is 6.84. The summed E-state index contributed by atoms with van der Waals surface area (Å²) in [6, 6.07) is 5.68. The van der Waals surface area contributed by atoms with E-state index in [4.69, 9.17) is 9.47 Å². The number of ketones is 1. The molecule has 1 aliphatic carbocycles. The molecule has 3 aliphatic rings. The Bertz CT molecular complexity index is 673. The van der Waals surface area contributed by atoms with E-state index in [9.17, 15) is 9.59 Å². The maximum atomic E-state index is 12.6. The number of likely N-dealkylation sites (tertiary alicyclic amines) is 1. The van der Waals surface area contributed by atoms with Crippen LogP contribution in [0.25, 0.3) is 0 Å². The molecule has 5 nitrogen and oxygen atoms in total. The maximum Gasteiger partial charge on any atom is 0.174 e. The van der Waals surface area contributed by atoms with Crippen molar-refractivity contribution >= 4 is 12.1 Å². The summed E-state index contributed by atoms with van der Waals surface area (Å²) in [5.74, 6) is 1.61. The highest BCUT2D eigenvalue weighted by atomic mass is 16.5. The first-order chi connectivity index (χ1) is 11.1. The third kappa shape index (κ3) is 1.77. The van der Waals surface area contributed by atoms with Crippen molar-refractivity contribution in [3.8, 4) is 11.5 Å². The second-order valence-corrected chi connectivity index (χ2v) is 6.84. The average Bonchev–Trinajstić information content (AvgIpc) is 2.91. The number of fused-ring (bicyclic) bond motifs is 1. The van der Waals surface area contributed by atoms with Gasteiger partial charge in [-0.15, -0.1) is 0 Å². The number of para-hydroxylation sites is 1. The van der Waals surface area contributed by atoms with Gasteiger partial charge in [0, 0.05) is 17.4 Å². The van der Waals surface area contributed by atoms with Crippen molar-refractivity contribution in [2.75, 3.05) is 20.7 Å². The molecule has 0 N–H and O–H groups in total. The van der Waals surface area contributed by atoms with Crippen LogP contribution in [0.15, 0.2) is 18.2 Å². The number of carbonyl (C=O) groups excluding carboxylic acids is 2. The Morgan fingerprint density at radius 2 is 2.26 bits per heavy atom. The fourth-order valence-corrected chi connectivity index (χ4v) is 4.91. The number of ether oxygens (including phenoxy) is 2. The zero-order chi connectivity index (χ0) is 16.2. The molecule has 0 bridgehead atoms. The summed E-state index contributed by atoms with van der Waals surface area (Å²) in [7, 11) is 3.60. The summed E-state index contributed by atoms with van der Waals surface area (Å²) in [5, 5.41) is 0. The monoisotopic (exact) mass is 315 g/mol. The summed E-state index contributed by atoms with van der Waals surface area (Å²) >= 11 is 0. The first-order valence-corrected chi connectivity index (χ1v) is 8.16. The van der Waals surface area contributed by atoms with E-state index in [1.807, 2.05) is 25.2 Å². The van der Waals surface area contributed by atoms with E-state index >= 15 is 0 Å². The summed E-state index contributed by atoms with van der Waals surface area (Å²) < 4.78 is 11.6. The number of methoxy groups -OCH3 is 1. The zero-order valence-electron chi connectivity index (χ0n) is 13.5. The topological polar surface area (TPSA) is 55.8 Å². The molecule has 4 atom stereocenters. The third-order valence-corrected chi connectivity index (χ3v) is 6.00. The zero-order valence-corrected chi connectivity index (χ0v) is 13.5. The highest BCUT2D eigenvalue weighted by molar-refractivity contribution is 5.89. The van der Waals surface area contributed by atoms with Crippen molar-refractivity contribution in [1.82, 2.24) is 4.90 Å². The predicted octanol–water partition coefficient (Wildman–Crippen LogP) is 1.58. The van der Waals surface area contributed by atoms with Gasteiger partial charge in [0.1, 0.15) is 6.29 Å². The van der Waals surface area contributed by atoms with Crippen LogP contribution in [-0.4, -0.2) is 49.8 Å². The normalized spacial score (nSPS) is 35.7. The lowest BCUT2D eigenvalue weighted by Crippen LogP contribution is -2.63. The minimum atomic E-state index is -0.483. The van der Waals surface area contributed by atoms with E-state index < -0.39 is 11.5 Å². The number of hydrogen-bond donors (Lipinski definition) is 0. The van der Waals surface area contributed by atoms with Crippen LogP contribution in [0.1, 0.15) is 24.8 Å². The third-order valence-electron chi connectivity index (χ3n) is 6.00. The Morgan fingerprint density at radius 1 is 1.43 bits per heavy atom.